The molecule has 0 aliphatic heterocycles. The fourth-order valence-electron chi connectivity index (χ4n) is 1.84. The molecule has 0 bridgehead atoms. The van der Waals surface area contributed by atoms with E-state index in [1.807, 2.05) is 5.38 Å². The average Bonchev–Trinajstić information content (AvgIpc) is 3.05. The molecule has 6 nitrogen and oxygen atoms in total. The minimum Gasteiger partial charge on any atom is -0.494 e. The van der Waals surface area contributed by atoms with Crippen LogP contribution in [0.25, 0.3) is 0 Å². The number of hydrazine groups is 1. The number of amides is 1. The number of anilines is 1. The Hall–Kier alpha value is -2.32. The lowest BCUT2D eigenvalue weighted by atomic mass is 10.2. The van der Waals surface area contributed by atoms with Gasteiger partial charge in [0.2, 0.25) is 0 Å². The van der Waals surface area contributed by atoms with Crippen LogP contribution in [0.5, 0.6) is 11.5 Å². The maximum atomic E-state index is 12.3. The molecule has 0 saturated carbocycles. The van der Waals surface area contributed by atoms with Gasteiger partial charge in [-0.15, -0.1) is 11.3 Å². The standard InChI is InChI=1S/C14H15N3O3S2/c1-19-9-5-3-6-10(20-2)12(9)17(14(15)21)16-13(18)11-7-4-8-22-11/h3-8H,1-2H3,(H2,15,21)(H,16,18). The summed E-state index contributed by atoms with van der Waals surface area (Å²) >= 11 is 6.36. The van der Waals surface area contributed by atoms with Crippen molar-refractivity contribution in [3.63, 3.8) is 0 Å². The Labute approximate surface area is 137 Å². The van der Waals surface area contributed by atoms with E-state index >= 15 is 0 Å². The number of hydrogen-bond donors (Lipinski definition) is 2. The fraction of sp³-hybridized carbons (Fsp3) is 0.143. The number of rotatable bonds is 4. The summed E-state index contributed by atoms with van der Waals surface area (Å²) in [6.45, 7) is 0. The fourth-order valence-corrected chi connectivity index (χ4v) is 2.59. The van der Waals surface area contributed by atoms with Gasteiger partial charge in [0.1, 0.15) is 17.2 Å². The molecule has 0 atom stereocenters. The van der Waals surface area contributed by atoms with Crippen molar-refractivity contribution in [1.29, 1.82) is 0 Å². The molecular formula is C14H15N3O3S2. The molecule has 116 valence electrons. The molecule has 0 saturated heterocycles. The van der Waals surface area contributed by atoms with Gasteiger partial charge < -0.3 is 15.2 Å². The number of thiocarbonyl (C=S) groups is 1. The highest BCUT2D eigenvalue weighted by atomic mass is 32.1. The van der Waals surface area contributed by atoms with E-state index in [0.717, 1.165) is 0 Å². The summed E-state index contributed by atoms with van der Waals surface area (Å²) in [6, 6.07) is 8.70. The number of ether oxygens (including phenoxy) is 2. The summed E-state index contributed by atoms with van der Waals surface area (Å²) in [7, 11) is 3.02. The van der Waals surface area contributed by atoms with Crippen LogP contribution in [0.15, 0.2) is 35.7 Å². The molecule has 22 heavy (non-hydrogen) atoms. The number of thiophene rings is 1. The van der Waals surface area contributed by atoms with E-state index in [0.29, 0.717) is 22.1 Å². The molecule has 8 heteroatoms. The van der Waals surface area contributed by atoms with Gasteiger partial charge in [-0.25, -0.2) is 5.01 Å². The number of carbonyl (C=O) groups excluding carboxylic acids is 1. The van der Waals surface area contributed by atoms with Gasteiger partial charge in [0.25, 0.3) is 5.91 Å². The van der Waals surface area contributed by atoms with Crippen LogP contribution in [0.2, 0.25) is 0 Å². The monoisotopic (exact) mass is 337 g/mol. The zero-order chi connectivity index (χ0) is 16.1. The van der Waals surface area contributed by atoms with Crippen LogP contribution in [0, 0.1) is 0 Å². The first-order chi connectivity index (χ1) is 10.6. The predicted octanol–water partition coefficient (Wildman–Crippen LogP) is 2.16. The summed E-state index contributed by atoms with van der Waals surface area (Å²) in [4.78, 5) is 12.8. The molecule has 1 amide bonds. The highest BCUT2D eigenvalue weighted by Gasteiger charge is 2.22. The smallest absolute Gasteiger partial charge is 0.280 e. The Bertz CT molecular complexity index is 652. The average molecular weight is 337 g/mol. The number of benzene rings is 1. The summed E-state index contributed by atoms with van der Waals surface area (Å²) in [5.41, 5.74) is 8.85. The quantitative estimate of drug-likeness (QED) is 0.658. The van der Waals surface area contributed by atoms with Crippen LogP contribution in [-0.4, -0.2) is 25.2 Å². The second-order valence-electron chi connectivity index (χ2n) is 4.10. The largest absolute Gasteiger partial charge is 0.494 e. The van der Waals surface area contributed by atoms with Crippen molar-refractivity contribution in [3.05, 3.63) is 40.6 Å². The van der Waals surface area contributed by atoms with Crippen LogP contribution in [0.4, 0.5) is 5.69 Å². The summed E-state index contributed by atoms with van der Waals surface area (Å²) in [5.74, 6) is 0.619. The van der Waals surface area contributed by atoms with Crippen LogP contribution >= 0.6 is 23.6 Å². The normalized spacial score (nSPS) is 9.91. The van der Waals surface area contributed by atoms with Crippen molar-refractivity contribution in [1.82, 2.24) is 5.43 Å². The van der Waals surface area contributed by atoms with Gasteiger partial charge in [-0.3, -0.25) is 10.2 Å². The van der Waals surface area contributed by atoms with E-state index < -0.39 is 0 Å². The summed E-state index contributed by atoms with van der Waals surface area (Å²) in [6.07, 6.45) is 0. The van der Waals surface area contributed by atoms with Gasteiger partial charge in [-0.2, -0.15) is 0 Å². The molecule has 0 radical (unpaired) electrons. The van der Waals surface area contributed by atoms with Crippen molar-refractivity contribution in [2.45, 2.75) is 0 Å². The van der Waals surface area contributed by atoms with E-state index in [9.17, 15) is 4.79 Å². The Morgan fingerprint density at radius 1 is 1.23 bits per heavy atom. The van der Waals surface area contributed by atoms with E-state index in [1.54, 1.807) is 30.3 Å². The number of nitrogens with one attached hydrogen (secondary N) is 1. The van der Waals surface area contributed by atoms with Gasteiger partial charge in [0, 0.05) is 0 Å². The van der Waals surface area contributed by atoms with Crippen LogP contribution in [-0.2, 0) is 0 Å². The third kappa shape index (κ3) is 3.29. The lowest BCUT2D eigenvalue weighted by molar-refractivity contribution is 0.0959. The molecule has 1 heterocycles. The van der Waals surface area contributed by atoms with E-state index in [1.165, 1.54) is 30.6 Å². The van der Waals surface area contributed by atoms with Crippen LogP contribution < -0.4 is 25.6 Å². The number of para-hydroxylation sites is 1. The number of nitrogens with two attached hydrogens (primary N) is 1. The Morgan fingerprint density at radius 2 is 1.86 bits per heavy atom. The lowest BCUT2D eigenvalue weighted by Crippen LogP contribution is -2.49. The highest BCUT2D eigenvalue weighted by molar-refractivity contribution is 7.80. The topological polar surface area (TPSA) is 76.8 Å². The molecule has 1 aromatic carbocycles. The van der Waals surface area contributed by atoms with Crippen molar-refractivity contribution < 1.29 is 14.3 Å². The van der Waals surface area contributed by atoms with Crippen LogP contribution in [0.3, 0.4) is 0 Å². The van der Waals surface area contributed by atoms with E-state index in [4.69, 9.17) is 27.4 Å². The predicted molar refractivity (Wildman–Crippen MR) is 90.6 cm³/mol. The summed E-state index contributed by atoms with van der Waals surface area (Å²) in [5, 5.41) is 3.05. The molecular weight excluding hydrogens is 322 g/mol. The minimum atomic E-state index is -0.323. The maximum Gasteiger partial charge on any atom is 0.280 e. The molecule has 2 rings (SSSR count). The SMILES string of the molecule is COc1cccc(OC)c1N(NC(=O)c1cccs1)C(N)=S. The molecule has 0 unspecified atom stereocenters. The molecule has 3 N–H and O–H groups in total. The molecule has 0 spiro atoms. The van der Waals surface area contributed by atoms with Crippen molar-refractivity contribution in [2.75, 3.05) is 19.2 Å². The third-order valence-electron chi connectivity index (χ3n) is 2.80. The second-order valence-corrected chi connectivity index (χ2v) is 5.47. The first-order valence-corrected chi connectivity index (χ1v) is 7.52. The first-order valence-electron chi connectivity index (χ1n) is 6.23. The Morgan fingerprint density at radius 3 is 2.32 bits per heavy atom. The minimum absolute atomic E-state index is 0.0345. The second kappa shape index (κ2) is 7.10. The Kier molecular flexibility index (Phi) is 5.18. The Balaban J connectivity index is 2.40. The number of carbonyl (C=O) groups is 1. The molecule has 1 aromatic heterocycles. The van der Waals surface area contributed by atoms with Crippen LogP contribution in [0.1, 0.15) is 9.67 Å². The van der Waals surface area contributed by atoms with Gasteiger partial charge in [0.05, 0.1) is 19.1 Å². The zero-order valence-electron chi connectivity index (χ0n) is 12.0. The van der Waals surface area contributed by atoms with Crippen molar-refractivity contribution in [2.24, 2.45) is 5.73 Å². The van der Waals surface area contributed by atoms with Gasteiger partial charge in [0.15, 0.2) is 5.11 Å². The lowest BCUT2D eigenvalue weighted by Gasteiger charge is -2.26. The van der Waals surface area contributed by atoms with E-state index in [2.05, 4.69) is 5.43 Å². The zero-order valence-corrected chi connectivity index (χ0v) is 13.7. The van der Waals surface area contributed by atoms with Gasteiger partial charge in [-0.1, -0.05) is 12.1 Å². The molecule has 0 aliphatic carbocycles. The maximum absolute atomic E-state index is 12.3. The number of methoxy groups -OCH3 is 2. The first kappa shape index (κ1) is 16.1. The summed E-state index contributed by atoms with van der Waals surface area (Å²) < 4.78 is 10.6. The third-order valence-corrected chi connectivity index (χ3v) is 3.86. The highest BCUT2D eigenvalue weighted by Crippen LogP contribution is 2.36. The van der Waals surface area contributed by atoms with Gasteiger partial charge in [-0.05, 0) is 35.8 Å². The van der Waals surface area contributed by atoms with Gasteiger partial charge >= 0.3 is 0 Å². The number of nitrogens with zero attached hydrogens (tertiary/aromatic N) is 1. The molecule has 0 aliphatic rings. The van der Waals surface area contributed by atoms with E-state index in [-0.39, 0.29) is 11.0 Å². The van der Waals surface area contributed by atoms with Crippen molar-refractivity contribution in [3.8, 4) is 11.5 Å². The van der Waals surface area contributed by atoms with Crippen molar-refractivity contribution >= 4 is 40.3 Å². The molecule has 2 aromatic rings. The number of hydrogen-bond acceptors (Lipinski definition) is 5. The molecule has 0 fully saturated rings.